The summed E-state index contributed by atoms with van der Waals surface area (Å²) in [6.45, 7) is 6.04. The van der Waals surface area contributed by atoms with Crippen LogP contribution in [0.5, 0.6) is 0 Å². The lowest BCUT2D eigenvalue weighted by atomic mass is 10.2. The first-order valence-corrected chi connectivity index (χ1v) is 8.56. The van der Waals surface area contributed by atoms with E-state index in [1.807, 2.05) is 25.3 Å². The second kappa shape index (κ2) is 7.98. The van der Waals surface area contributed by atoms with Gasteiger partial charge in [-0.3, -0.25) is 4.79 Å². The number of anilines is 1. The number of carbonyl (C=O) groups excluding carboxylic acids is 3. The summed E-state index contributed by atoms with van der Waals surface area (Å²) in [7, 11) is 1.27. The fraction of sp³-hybridized carbons (Fsp3) is 0.353. The highest BCUT2D eigenvalue weighted by molar-refractivity contribution is 7.12. The number of thiophene rings is 1. The number of hydrogen-bond acceptors (Lipinski definition) is 6. The lowest BCUT2D eigenvalue weighted by molar-refractivity contribution is -0.119. The normalized spacial score (nSPS) is 10.4. The smallest absolute Gasteiger partial charge is 0.350 e. The zero-order valence-electron chi connectivity index (χ0n) is 14.5. The Balaban J connectivity index is 1.98. The van der Waals surface area contributed by atoms with E-state index in [4.69, 9.17) is 4.74 Å². The van der Waals surface area contributed by atoms with Crippen molar-refractivity contribution in [1.29, 1.82) is 0 Å². The van der Waals surface area contributed by atoms with Crippen molar-refractivity contribution < 1.29 is 23.9 Å². The fourth-order valence-electron chi connectivity index (χ4n) is 2.55. The maximum atomic E-state index is 12.2. The van der Waals surface area contributed by atoms with Crippen molar-refractivity contribution in [2.24, 2.45) is 0 Å². The summed E-state index contributed by atoms with van der Waals surface area (Å²) in [5.41, 5.74) is 2.54. The fourth-order valence-corrected chi connectivity index (χ4v) is 3.31. The van der Waals surface area contributed by atoms with Crippen LogP contribution in [-0.2, 0) is 20.8 Å². The Hall–Kier alpha value is -2.61. The number of aryl methyl sites for hydroxylation is 1. The minimum atomic E-state index is -0.554. The van der Waals surface area contributed by atoms with Gasteiger partial charge in [-0.05, 0) is 38.3 Å². The van der Waals surface area contributed by atoms with Gasteiger partial charge in [0.05, 0.1) is 18.4 Å². The van der Waals surface area contributed by atoms with E-state index in [2.05, 4.69) is 10.1 Å². The molecule has 0 saturated carbocycles. The third-order valence-corrected chi connectivity index (χ3v) is 4.65. The van der Waals surface area contributed by atoms with Crippen molar-refractivity contribution in [3.63, 3.8) is 0 Å². The SMILES string of the molecule is CCn1c(C)cc(C(=O)OCC(=O)Nc2ccsc2C(=O)OC)c1C. The van der Waals surface area contributed by atoms with Crippen molar-refractivity contribution in [2.75, 3.05) is 19.0 Å². The predicted octanol–water partition coefficient (Wildman–Crippen LogP) is 2.77. The van der Waals surface area contributed by atoms with Gasteiger partial charge in [0.2, 0.25) is 0 Å². The number of hydrogen-bond donors (Lipinski definition) is 1. The van der Waals surface area contributed by atoms with Gasteiger partial charge in [-0.15, -0.1) is 11.3 Å². The topological polar surface area (TPSA) is 86.6 Å². The summed E-state index contributed by atoms with van der Waals surface area (Å²) in [5, 5.41) is 4.20. The van der Waals surface area contributed by atoms with E-state index in [0.29, 0.717) is 11.3 Å². The van der Waals surface area contributed by atoms with Gasteiger partial charge in [-0.2, -0.15) is 0 Å². The van der Waals surface area contributed by atoms with Crippen LogP contribution in [0.15, 0.2) is 17.5 Å². The number of carbonyl (C=O) groups is 3. The number of aromatic nitrogens is 1. The highest BCUT2D eigenvalue weighted by atomic mass is 32.1. The van der Waals surface area contributed by atoms with Crippen LogP contribution < -0.4 is 5.32 Å². The van der Waals surface area contributed by atoms with Crippen molar-refractivity contribution in [2.45, 2.75) is 27.3 Å². The van der Waals surface area contributed by atoms with Crippen molar-refractivity contribution >= 4 is 34.9 Å². The van der Waals surface area contributed by atoms with Crippen molar-refractivity contribution in [3.05, 3.63) is 39.3 Å². The van der Waals surface area contributed by atoms with Crippen LogP contribution in [0, 0.1) is 13.8 Å². The number of nitrogens with one attached hydrogen (secondary N) is 1. The maximum absolute atomic E-state index is 12.2. The highest BCUT2D eigenvalue weighted by Gasteiger charge is 2.19. The molecule has 0 bridgehead atoms. The van der Waals surface area contributed by atoms with Crippen molar-refractivity contribution in [1.82, 2.24) is 4.57 Å². The lowest BCUT2D eigenvalue weighted by Gasteiger charge is -2.08. The first-order chi connectivity index (χ1) is 11.9. The molecule has 2 aromatic heterocycles. The third kappa shape index (κ3) is 4.08. The van der Waals surface area contributed by atoms with Crippen LogP contribution in [0.2, 0.25) is 0 Å². The summed E-state index contributed by atoms with van der Waals surface area (Å²) in [4.78, 5) is 36.0. The van der Waals surface area contributed by atoms with Gasteiger partial charge in [0.25, 0.3) is 5.91 Å². The Labute approximate surface area is 149 Å². The molecule has 8 heteroatoms. The minimum absolute atomic E-state index is 0.286. The van der Waals surface area contributed by atoms with Crippen LogP contribution in [0.25, 0.3) is 0 Å². The van der Waals surface area contributed by atoms with E-state index < -0.39 is 24.5 Å². The molecule has 0 radical (unpaired) electrons. The molecule has 2 aromatic rings. The van der Waals surface area contributed by atoms with Crippen molar-refractivity contribution in [3.8, 4) is 0 Å². The second-order valence-corrected chi connectivity index (χ2v) is 6.22. The van der Waals surface area contributed by atoms with Gasteiger partial charge < -0.3 is 19.4 Å². The van der Waals surface area contributed by atoms with E-state index >= 15 is 0 Å². The molecule has 134 valence electrons. The summed E-state index contributed by atoms with van der Waals surface area (Å²) in [6, 6.07) is 3.33. The van der Waals surface area contributed by atoms with E-state index in [9.17, 15) is 14.4 Å². The maximum Gasteiger partial charge on any atom is 0.350 e. The van der Waals surface area contributed by atoms with E-state index in [-0.39, 0.29) is 4.88 Å². The average Bonchev–Trinajstić information content (AvgIpc) is 3.16. The molecule has 0 saturated heterocycles. The molecule has 25 heavy (non-hydrogen) atoms. The molecular formula is C17H20N2O5S. The Kier molecular flexibility index (Phi) is 5.97. The first kappa shape index (κ1) is 18.7. The number of nitrogens with zero attached hydrogens (tertiary/aromatic N) is 1. The van der Waals surface area contributed by atoms with Gasteiger partial charge in [-0.1, -0.05) is 0 Å². The first-order valence-electron chi connectivity index (χ1n) is 7.68. The molecule has 0 aromatic carbocycles. The Morgan fingerprint density at radius 2 is 1.96 bits per heavy atom. The standard InChI is InChI=1S/C17H20N2O5S/c1-5-19-10(2)8-12(11(19)3)16(21)24-9-14(20)18-13-6-7-25-15(13)17(22)23-4/h6-8H,5,9H2,1-4H3,(H,18,20). The number of amides is 1. The summed E-state index contributed by atoms with van der Waals surface area (Å²) in [5.74, 6) is -1.61. The molecular weight excluding hydrogens is 344 g/mol. The third-order valence-electron chi connectivity index (χ3n) is 3.75. The highest BCUT2D eigenvalue weighted by Crippen LogP contribution is 2.23. The Morgan fingerprint density at radius 3 is 2.56 bits per heavy atom. The molecule has 0 atom stereocenters. The monoisotopic (exact) mass is 364 g/mol. The molecule has 0 aliphatic carbocycles. The summed E-state index contributed by atoms with van der Waals surface area (Å²) < 4.78 is 11.7. The quantitative estimate of drug-likeness (QED) is 0.797. The molecule has 7 nitrogen and oxygen atoms in total. The number of ether oxygens (including phenoxy) is 2. The van der Waals surface area contributed by atoms with Crippen LogP contribution in [-0.4, -0.2) is 36.1 Å². The molecule has 1 amide bonds. The average molecular weight is 364 g/mol. The van der Waals surface area contributed by atoms with Crippen LogP contribution in [0.1, 0.15) is 38.3 Å². The van der Waals surface area contributed by atoms with E-state index in [1.54, 1.807) is 17.5 Å². The molecule has 1 N–H and O–H groups in total. The second-order valence-electron chi connectivity index (χ2n) is 5.31. The van der Waals surface area contributed by atoms with Gasteiger partial charge in [0.15, 0.2) is 6.61 Å². The molecule has 0 spiro atoms. The number of methoxy groups -OCH3 is 1. The van der Waals surface area contributed by atoms with Gasteiger partial charge in [0, 0.05) is 17.9 Å². The largest absolute Gasteiger partial charge is 0.465 e. The molecule has 0 aliphatic rings. The van der Waals surface area contributed by atoms with Gasteiger partial charge in [-0.25, -0.2) is 9.59 Å². The summed E-state index contributed by atoms with van der Waals surface area (Å²) in [6.07, 6.45) is 0. The Bertz CT molecular complexity index is 806. The van der Waals surface area contributed by atoms with E-state index in [1.165, 1.54) is 7.11 Å². The Morgan fingerprint density at radius 1 is 1.24 bits per heavy atom. The van der Waals surface area contributed by atoms with Gasteiger partial charge >= 0.3 is 11.9 Å². The van der Waals surface area contributed by atoms with Crippen LogP contribution >= 0.6 is 11.3 Å². The van der Waals surface area contributed by atoms with Crippen LogP contribution in [0.4, 0.5) is 5.69 Å². The number of rotatable bonds is 6. The molecule has 2 heterocycles. The minimum Gasteiger partial charge on any atom is -0.465 e. The summed E-state index contributed by atoms with van der Waals surface area (Å²) >= 11 is 1.15. The molecule has 0 aliphatic heterocycles. The zero-order valence-corrected chi connectivity index (χ0v) is 15.4. The molecule has 0 fully saturated rings. The predicted molar refractivity (Wildman–Crippen MR) is 94.2 cm³/mol. The van der Waals surface area contributed by atoms with Gasteiger partial charge in [0.1, 0.15) is 4.88 Å². The lowest BCUT2D eigenvalue weighted by Crippen LogP contribution is -2.22. The molecule has 0 unspecified atom stereocenters. The zero-order chi connectivity index (χ0) is 18.6. The molecule has 2 rings (SSSR count). The van der Waals surface area contributed by atoms with E-state index in [0.717, 1.165) is 29.3 Å². The van der Waals surface area contributed by atoms with Crippen LogP contribution in [0.3, 0.4) is 0 Å². The number of esters is 2.